The van der Waals surface area contributed by atoms with Crippen molar-refractivity contribution in [3.05, 3.63) is 109 Å². The number of unbranched alkanes of at least 4 members (excludes halogenated alkanes) is 21. The highest BCUT2D eigenvalue weighted by Crippen LogP contribution is 2.14. The SMILES string of the molecule is CC/C=C\C/C=C\C/C=C\C/C=C\CCCCCCC(=O)OC(COC(=O)CCCCCCC/C=C\C/C=C\C/C=C\CC)COC(=O)CCCCCCCCCCC/C=C\C/C=C\CCCCC. The van der Waals surface area contributed by atoms with Crippen molar-refractivity contribution in [2.45, 2.75) is 258 Å². The van der Waals surface area contributed by atoms with Crippen LogP contribution < -0.4 is 0 Å². The second-order valence-corrected chi connectivity index (χ2v) is 18.4. The number of esters is 3. The summed E-state index contributed by atoms with van der Waals surface area (Å²) >= 11 is 0. The molecule has 1 atom stereocenters. The highest BCUT2D eigenvalue weighted by molar-refractivity contribution is 5.71. The molecule has 0 aromatic heterocycles. The van der Waals surface area contributed by atoms with E-state index in [-0.39, 0.29) is 31.1 Å². The van der Waals surface area contributed by atoms with E-state index >= 15 is 0 Å². The molecular weight excluding hydrogens is 853 g/mol. The molecule has 0 aliphatic rings. The molecule has 0 aromatic carbocycles. The Bertz CT molecular complexity index is 1420. The third-order valence-corrected chi connectivity index (χ3v) is 11.7. The van der Waals surface area contributed by atoms with Crippen molar-refractivity contribution >= 4 is 17.9 Å². The van der Waals surface area contributed by atoms with E-state index in [1.165, 1.54) is 70.6 Å². The van der Waals surface area contributed by atoms with Crippen molar-refractivity contribution in [2.75, 3.05) is 13.2 Å². The van der Waals surface area contributed by atoms with Crippen LogP contribution in [0.15, 0.2) is 109 Å². The fraction of sp³-hybridized carbons (Fsp3) is 0.667. The molecule has 0 bridgehead atoms. The van der Waals surface area contributed by atoms with E-state index < -0.39 is 6.10 Å². The summed E-state index contributed by atoms with van der Waals surface area (Å²) in [5.41, 5.74) is 0. The number of carbonyl (C=O) groups excluding carboxylic acids is 3. The predicted octanol–water partition coefficient (Wildman–Crippen LogP) is 19.1. The summed E-state index contributed by atoms with van der Waals surface area (Å²) in [6.07, 6.45) is 76.4. The lowest BCUT2D eigenvalue weighted by atomic mass is 10.1. The standard InChI is InChI=1S/C63H104O6/c1-4-7-10-13-16-19-22-25-28-30-31-33-35-38-41-44-47-50-53-56-62(65)68-59-60(58-67-61(64)55-52-49-46-43-40-37-34-27-24-21-18-15-12-9-6-3)69-63(66)57-54-51-48-45-42-39-36-32-29-26-23-20-17-14-11-8-5-2/h8-9,11-12,16-21,25-29,34,36,39,60H,4-7,10,13-15,22-24,30-33,35,37-38,40-59H2,1-3H3/b11-8-,12-9-,19-16-,20-17-,21-18-,28-25-,29-26-,34-27-,39-36-. The van der Waals surface area contributed by atoms with Crippen LogP contribution >= 0.6 is 0 Å². The number of ether oxygens (including phenoxy) is 3. The van der Waals surface area contributed by atoms with Gasteiger partial charge in [-0.1, -0.05) is 220 Å². The molecule has 0 saturated carbocycles. The van der Waals surface area contributed by atoms with E-state index in [2.05, 4.69) is 130 Å². The van der Waals surface area contributed by atoms with Gasteiger partial charge in [-0.15, -0.1) is 0 Å². The molecule has 1 unspecified atom stereocenters. The maximum atomic E-state index is 12.9. The molecule has 0 aromatic rings. The second kappa shape index (κ2) is 56.7. The molecule has 0 radical (unpaired) electrons. The lowest BCUT2D eigenvalue weighted by molar-refractivity contribution is -0.167. The van der Waals surface area contributed by atoms with Crippen molar-refractivity contribution in [1.29, 1.82) is 0 Å². The molecule has 0 rings (SSSR count). The van der Waals surface area contributed by atoms with E-state index in [0.29, 0.717) is 19.3 Å². The highest BCUT2D eigenvalue weighted by Gasteiger charge is 2.19. The van der Waals surface area contributed by atoms with Gasteiger partial charge in [0.2, 0.25) is 0 Å². The van der Waals surface area contributed by atoms with Gasteiger partial charge in [-0.25, -0.2) is 0 Å². The van der Waals surface area contributed by atoms with Gasteiger partial charge in [0.1, 0.15) is 13.2 Å². The molecule has 0 N–H and O–H groups in total. The van der Waals surface area contributed by atoms with Gasteiger partial charge in [0.25, 0.3) is 0 Å². The van der Waals surface area contributed by atoms with Crippen molar-refractivity contribution in [1.82, 2.24) is 0 Å². The minimum atomic E-state index is -0.803. The first-order valence-electron chi connectivity index (χ1n) is 28.4. The number of allylic oxidation sites excluding steroid dienone is 18. The number of rotatable bonds is 50. The maximum absolute atomic E-state index is 12.9. The Morgan fingerprint density at radius 1 is 0.304 bits per heavy atom. The van der Waals surface area contributed by atoms with Gasteiger partial charge < -0.3 is 14.2 Å². The average molecular weight is 958 g/mol. The maximum Gasteiger partial charge on any atom is 0.306 e. The summed E-state index contributed by atoms with van der Waals surface area (Å²) in [5.74, 6) is -0.943. The fourth-order valence-electron chi connectivity index (χ4n) is 7.54. The smallest absolute Gasteiger partial charge is 0.306 e. The Labute approximate surface area is 425 Å². The van der Waals surface area contributed by atoms with Gasteiger partial charge >= 0.3 is 17.9 Å². The quantitative estimate of drug-likeness (QED) is 0.0262. The molecule has 0 aliphatic carbocycles. The van der Waals surface area contributed by atoms with Crippen LogP contribution in [0.25, 0.3) is 0 Å². The molecule has 0 saturated heterocycles. The molecule has 6 heteroatoms. The second-order valence-electron chi connectivity index (χ2n) is 18.4. The third kappa shape index (κ3) is 54.9. The normalized spacial score (nSPS) is 12.9. The van der Waals surface area contributed by atoms with Crippen LogP contribution in [-0.2, 0) is 28.6 Å². The Balaban J connectivity index is 4.46. The van der Waals surface area contributed by atoms with Gasteiger partial charge in [-0.2, -0.15) is 0 Å². The molecule has 69 heavy (non-hydrogen) atoms. The molecule has 0 fully saturated rings. The first kappa shape index (κ1) is 65.1. The van der Waals surface area contributed by atoms with E-state index in [9.17, 15) is 14.4 Å². The molecule has 6 nitrogen and oxygen atoms in total. The van der Waals surface area contributed by atoms with E-state index in [1.807, 2.05) is 0 Å². The summed E-state index contributed by atoms with van der Waals surface area (Å²) < 4.78 is 16.8. The summed E-state index contributed by atoms with van der Waals surface area (Å²) in [7, 11) is 0. The highest BCUT2D eigenvalue weighted by atomic mass is 16.6. The summed E-state index contributed by atoms with van der Waals surface area (Å²) in [6, 6.07) is 0. The number of hydrogen-bond donors (Lipinski definition) is 0. The molecule has 0 amide bonds. The van der Waals surface area contributed by atoms with E-state index in [1.54, 1.807) is 0 Å². The first-order valence-corrected chi connectivity index (χ1v) is 28.4. The van der Waals surface area contributed by atoms with Crippen molar-refractivity contribution in [3.8, 4) is 0 Å². The summed E-state index contributed by atoms with van der Waals surface area (Å²) in [4.78, 5) is 38.2. The summed E-state index contributed by atoms with van der Waals surface area (Å²) in [5, 5.41) is 0. The zero-order chi connectivity index (χ0) is 50.0. The molecule has 0 aliphatic heterocycles. The lowest BCUT2D eigenvalue weighted by Crippen LogP contribution is -2.30. The van der Waals surface area contributed by atoms with Crippen LogP contribution in [0.5, 0.6) is 0 Å². The van der Waals surface area contributed by atoms with Crippen LogP contribution in [-0.4, -0.2) is 37.2 Å². The molecule has 392 valence electrons. The van der Waals surface area contributed by atoms with E-state index in [4.69, 9.17) is 14.2 Å². The third-order valence-electron chi connectivity index (χ3n) is 11.7. The Morgan fingerprint density at radius 2 is 0.565 bits per heavy atom. The number of hydrogen-bond acceptors (Lipinski definition) is 6. The van der Waals surface area contributed by atoms with Gasteiger partial charge in [-0.05, 0) is 122 Å². The van der Waals surface area contributed by atoms with Crippen LogP contribution in [0.2, 0.25) is 0 Å². The molecular formula is C63H104O6. The van der Waals surface area contributed by atoms with Gasteiger partial charge in [0, 0.05) is 19.3 Å². The zero-order valence-electron chi connectivity index (χ0n) is 44.8. The minimum Gasteiger partial charge on any atom is -0.462 e. The fourth-order valence-corrected chi connectivity index (χ4v) is 7.54. The van der Waals surface area contributed by atoms with Crippen LogP contribution in [0.4, 0.5) is 0 Å². The Kier molecular flexibility index (Phi) is 53.4. The monoisotopic (exact) mass is 957 g/mol. The Morgan fingerprint density at radius 3 is 0.884 bits per heavy atom. The molecule has 0 spiro atoms. The van der Waals surface area contributed by atoms with Gasteiger partial charge in [-0.3, -0.25) is 14.4 Å². The lowest BCUT2D eigenvalue weighted by Gasteiger charge is -2.18. The minimum absolute atomic E-state index is 0.0975. The van der Waals surface area contributed by atoms with Crippen molar-refractivity contribution < 1.29 is 28.6 Å². The van der Waals surface area contributed by atoms with Gasteiger partial charge in [0.15, 0.2) is 6.10 Å². The zero-order valence-corrected chi connectivity index (χ0v) is 44.8. The van der Waals surface area contributed by atoms with Crippen molar-refractivity contribution in [3.63, 3.8) is 0 Å². The van der Waals surface area contributed by atoms with Crippen LogP contribution in [0.3, 0.4) is 0 Å². The van der Waals surface area contributed by atoms with Crippen LogP contribution in [0, 0.1) is 0 Å². The summed E-state index contributed by atoms with van der Waals surface area (Å²) in [6.45, 7) is 6.35. The van der Waals surface area contributed by atoms with Crippen molar-refractivity contribution in [2.24, 2.45) is 0 Å². The van der Waals surface area contributed by atoms with Crippen LogP contribution in [0.1, 0.15) is 252 Å². The predicted molar refractivity (Wildman–Crippen MR) is 297 cm³/mol. The largest absolute Gasteiger partial charge is 0.462 e. The van der Waals surface area contributed by atoms with Gasteiger partial charge in [0.05, 0.1) is 0 Å². The first-order chi connectivity index (χ1) is 34.0. The topological polar surface area (TPSA) is 78.9 Å². The Hall–Kier alpha value is -3.93. The molecule has 0 heterocycles. The number of carbonyl (C=O) groups is 3. The average Bonchev–Trinajstić information content (AvgIpc) is 3.35. The van der Waals surface area contributed by atoms with E-state index in [0.717, 1.165) is 141 Å².